The molecule has 0 saturated heterocycles. The third-order valence-corrected chi connectivity index (χ3v) is 2.19. The second kappa shape index (κ2) is 5.07. The Morgan fingerprint density at radius 1 is 1.44 bits per heavy atom. The Morgan fingerprint density at radius 3 is 2.56 bits per heavy atom. The number of benzene rings is 1. The average Bonchev–Trinajstić information content (AvgIpc) is 2.21. The van der Waals surface area contributed by atoms with E-state index in [0.717, 1.165) is 0 Å². The van der Waals surface area contributed by atoms with Crippen LogP contribution in [0.3, 0.4) is 0 Å². The molecule has 0 bridgehead atoms. The quantitative estimate of drug-likeness (QED) is 0.655. The van der Waals surface area contributed by atoms with Crippen molar-refractivity contribution in [1.82, 2.24) is 0 Å². The fourth-order valence-corrected chi connectivity index (χ4v) is 1.42. The second-order valence-corrected chi connectivity index (χ2v) is 3.93. The normalized spacial score (nSPS) is 10.3. The smallest absolute Gasteiger partial charge is 0.340 e. The molecular weight excluding hydrogens is 230 g/mol. The van der Waals surface area contributed by atoms with Gasteiger partial charge in [-0.3, -0.25) is 0 Å². The fraction of sp³-hybridized carbons (Fsp3) is 0.364. The lowest BCUT2D eigenvalue weighted by molar-refractivity contribution is 0.0601. The maximum Gasteiger partial charge on any atom is 0.340 e. The van der Waals surface area contributed by atoms with Crippen LogP contribution in [0.4, 0.5) is 5.69 Å². The van der Waals surface area contributed by atoms with Crippen molar-refractivity contribution in [2.24, 2.45) is 0 Å². The minimum atomic E-state index is -0.534. The lowest BCUT2D eigenvalue weighted by Gasteiger charge is -2.13. The van der Waals surface area contributed by atoms with Crippen LogP contribution in [0.1, 0.15) is 24.2 Å². The molecule has 0 amide bonds. The number of hydrogen-bond donors (Lipinski definition) is 1. The molecule has 1 aromatic rings. The molecule has 88 valence electrons. The maximum absolute atomic E-state index is 11.4. The van der Waals surface area contributed by atoms with Gasteiger partial charge >= 0.3 is 5.97 Å². The average molecular weight is 244 g/mol. The number of anilines is 1. The molecule has 0 radical (unpaired) electrons. The van der Waals surface area contributed by atoms with Gasteiger partial charge in [0.2, 0.25) is 0 Å². The zero-order valence-corrected chi connectivity index (χ0v) is 10.2. The maximum atomic E-state index is 11.4. The van der Waals surface area contributed by atoms with Crippen molar-refractivity contribution in [3.8, 4) is 5.75 Å². The van der Waals surface area contributed by atoms with Crippen LogP contribution in [-0.2, 0) is 4.74 Å². The lowest BCUT2D eigenvalue weighted by atomic mass is 10.1. The second-order valence-electron chi connectivity index (χ2n) is 3.52. The number of esters is 1. The molecule has 16 heavy (non-hydrogen) atoms. The Bertz CT molecular complexity index is 404. The van der Waals surface area contributed by atoms with Gasteiger partial charge in [0.15, 0.2) is 0 Å². The fourth-order valence-electron chi connectivity index (χ4n) is 1.21. The highest BCUT2D eigenvalue weighted by atomic mass is 35.5. The SMILES string of the molecule is COC(=O)c1cc(OC(C)C)cc(Cl)c1N. The van der Waals surface area contributed by atoms with E-state index in [4.69, 9.17) is 22.1 Å². The summed E-state index contributed by atoms with van der Waals surface area (Å²) in [5.74, 6) is -0.0387. The van der Waals surface area contributed by atoms with Gasteiger partial charge in [0.05, 0.1) is 29.5 Å². The number of rotatable bonds is 3. The Morgan fingerprint density at radius 2 is 2.06 bits per heavy atom. The molecule has 0 aliphatic heterocycles. The first-order valence-corrected chi connectivity index (χ1v) is 5.17. The van der Waals surface area contributed by atoms with Crippen LogP contribution in [0.2, 0.25) is 5.02 Å². The van der Waals surface area contributed by atoms with Crippen LogP contribution in [0.5, 0.6) is 5.75 Å². The van der Waals surface area contributed by atoms with Crippen LogP contribution in [0.25, 0.3) is 0 Å². The molecule has 0 fully saturated rings. The molecule has 0 aromatic heterocycles. The van der Waals surface area contributed by atoms with E-state index in [1.165, 1.54) is 13.2 Å². The Hall–Kier alpha value is -1.42. The zero-order valence-electron chi connectivity index (χ0n) is 9.41. The summed E-state index contributed by atoms with van der Waals surface area (Å²) in [6.07, 6.45) is -0.00909. The Kier molecular flexibility index (Phi) is 4.01. The Balaban J connectivity index is 3.16. The van der Waals surface area contributed by atoms with E-state index in [0.29, 0.717) is 5.75 Å². The van der Waals surface area contributed by atoms with E-state index in [1.54, 1.807) is 6.07 Å². The molecule has 0 atom stereocenters. The van der Waals surface area contributed by atoms with Gasteiger partial charge in [-0.25, -0.2) is 4.79 Å². The number of ether oxygens (including phenoxy) is 2. The molecule has 0 aliphatic rings. The number of nitrogen functional groups attached to an aromatic ring is 1. The van der Waals surface area contributed by atoms with Crippen LogP contribution in [0.15, 0.2) is 12.1 Å². The van der Waals surface area contributed by atoms with Gasteiger partial charge in [-0.2, -0.15) is 0 Å². The molecule has 0 heterocycles. The van der Waals surface area contributed by atoms with Gasteiger partial charge in [-0.05, 0) is 19.9 Å². The molecule has 1 aromatic carbocycles. The van der Waals surface area contributed by atoms with Crippen molar-refractivity contribution in [2.75, 3.05) is 12.8 Å². The molecule has 0 aliphatic carbocycles. The summed E-state index contributed by atoms with van der Waals surface area (Å²) in [7, 11) is 1.28. The highest BCUT2D eigenvalue weighted by Gasteiger charge is 2.15. The molecule has 1 rings (SSSR count). The van der Waals surface area contributed by atoms with Gasteiger partial charge in [-0.15, -0.1) is 0 Å². The van der Waals surface area contributed by atoms with Crippen LogP contribution >= 0.6 is 11.6 Å². The van der Waals surface area contributed by atoms with E-state index < -0.39 is 5.97 Å². The number of hydrogen-bond acceptors (Lipinski definition) is 4. The van der Waals surface area contributed by atoms with Gasteiger partial charge in [0.25, 0.3) is 0 Å². The van der Waals surface area contributed by atoms with Gasteiger partial charge < -0.3 is 15.2 Å². The molecule has 0 spiro atoms. The summed E-state index contributed by atoms with van der Waals surface area (Å²) in [6, 6.07) is 3.09. The number of nitrogens with two attached hydrogens (primary N) is 1. The van der Waals surface area contributed by atoms with Crippen molar-refractivity contribution >= 4 is 23.3 Å². The first-order valence-electron chi connectivity index (χ1n) is 4.79. The highest BCUT2D eigenvalue weighted by Crippen LogP contribution is 2.29. The summed E-state index contributed by atoms with van der Waals surface area (Å²) in [6.45, 7) is 3.75. The lowest BCUT2D eigenvalue weighted by Crippen LogP contribution is -2.09. The molecule has 0 saturated carbocycles. The van der Waals surface area contributed by atoms with E-state index >= 15 is 0 Å². The molecule has 4 nitrogen and oxygen atoms in total. The number of methoxy groups -OCH3 is 1. The summed E-state index contributed by atoms with van der Waals surface area (Å²) < 4.78 is 10.0. The van der Waals surface area contributed by atoms with E-state index in [2.05, 4.69) is 4.74 Å². The standard InChI is InChI=1S/C11H14ClNO3/c1-6(2)16-7-4-8(11(14)15-3)10(13)9(12)5-7/h4-6H,13H2,1-3H3. The van der Waals surface area contributed by atoms with E-state index in [1.807, 2.05) is 13.8 Å². The van der Waals surface area contributed by atoms with Crippen molar-refractivity contribution in [1.29, 1.82) is 0 Å². The summed E-state index contributed by atoms with van der Waals surface area (Å²) in [5.41, 5.74) is 6.08. The summed E-state index contributed by atoms with van der Waals surface area (Å²) >= 11 is 5.89. The summed E-state index contributed by atoms with van der Waals surface area (Å²) in [5, 5.41) is 0.276. The van der Waals surface area contributed by atoms with Crippen LogP contribution in [0, 0.1) is 0 Å². The number of carbonyl (C=O) groups is 1. The minimum absolute atomic E-state index is 0.00909. The zero-order chi connectivity index (χ0) is 12.3. The predicted octanol–water partition coefficient (Wildman–Crippen LogP) is 2.50. The molecule has 5 heteroatoms. The third kappa shape index (κ3) is 2.79. The Labute approximate surface area is 99.3 Å². The van der Waals surface area contributed by atoms with Gasteiger partial charge in [0.1, 0.15) is 5.75 Å². The minimum Gasteiger partial charge on any atom is -0.491 e. The van der Waals surface area contributed by atoms with E-state index in [9.17, 15) is 4.79 Å². The topological polar surface area (TPSA) is 61.5 Å². The number of halogens is 1. The first-order chi connectivity index (χ1) is 7.45. The predicted molar refractivity (Wildman–Crippen MR) is 63.0 cm³/mol. The molecule has 2 N–H and O–H groups in total. The largest absolute Gasteiger partial charge is 0.491 e. The highest BCUT2D eigenvalue weighted by molar-refractivity contribution is 6.34. The van der Waals surface area contributed by atoms with Crippen LogP contribution in [-0.4, -0.2) is 19.2 Å². The first kappa shape index (κ1) is 12.6. The van der Waals surface area contributed by atoms with Gasteiger partial charge in [-0.1, -0.05) is 11.6 Å². The molecule has 0 unspecified atom stereocenters. The van der Waals surface area contributed by atoms with Crippen molar-refractivity contribution in [3.05, 3.63) is 22.7 Å². The summed E-state index contributed by atoms with van der Waals surface area (Å²) in [4.78, 5) is 11.4. The van der Waals surface area contributed by atoms with Crippen molar-refractivity contribution in [3.63, 3.8) is 0 Å². The van der Waals surface area contributed by atoms with Gasteiger partial charge in [0, 0.05) is 6.07 Å². The monoisotopic (exact) mass is 243 g/mol. The third-order valence-electron chi connectivity index (χ3n) is 1.88. The van der Waals surface area contributed by atoms with E-state index in [-0.39, 0.29) is 22.4 Å². The molecular formula is C11H14ClNO3. The van der Waals surface area contributed by atoms with Crippen molar-refractivity contribution in [2.45, 2.75) is 20.0 Å². The van der Waals surface area contributed by atoms with Crippen LogP contribution < -0.4 is 10.5 Å². The number of carbonyl (C=O) groups excluding carboxylic acids is 1. The van der Waals surface area contributed by atoms with Crippen molar-refractivity contribution < 1.29 is 14.3 Å².